The largest absolute Gasteiger partial charge is 0.507 e. The van der Waals surface area contributed by atoms with Crippen molar-refractivity contribution in [2.24, 2.45) is 5.73 Å². The van der Waals surface area contributed by atoms with Crippen LogP contribution in [-0.2, 0) is 20.7 Å². The lowest BCUT2D eigenvalue weighted by molar-refractivity contribution is -0.273. The SMILES string of the molecule is COc1cccc2c1C(=O)c1c(O)c3c(c(O)c1C2=O)C[C@@](O)(C(=O)CO)CC3O[C@@H]1O[C@@H](C)[C@H](N)[C@@H](O)[C@H]1F. The van der Waals surface area contributed by atoms with E-state index in [0.717, 1.165) is 0 Å². The minimum Gasteiger partial charge on any atom is -0.507 e. The number of phenols is 2. The van der Waals surface area contributed by atoms with Gasteiger partial charge in [-0.15, -0.1) is 0 Å². The summed E-state index contributed by atoms with van der Waals surface area (Å²) >= 11 is 0. The number of rotatable bonds is 5. The van der Waals surface area contributed by atoms with Gasteiger partial charge in [0.25, 0.3) is 0 Å². The number of benzene rings is 2. The Balaban J connectivity index is 1.70. The van der Waals surface area contributed by atoms with Crippen LogP contribution in [0.3, 0.4) is 0 Å². The molecule has 1 fully saturated rings. The van der Waals surface area contributed by atoms with E-state index in [0.29, 0.717) is 0 Å². The topological polar surface area (TPSA) is 206 Å². The van der Waals surface area contributed by atoms with Gasteiger partial charge in [-0.05, 0) is 13.0 Å². The molecule has 7 atom stereocenters. The predicted molar refractivity (Wildman–Crippen MR) is 132 cm³/mol. The Hall–Kier alpha value is -3.46. The van der Waals surface area contributed by atoms with E-state index in [1.165, 1.54) is 32.2 Å². The Kier molecular flexibility index (Phi) is 6.93. The highest BCUT2D eigenvalue weighted by Crippen LogP contribution is 2.52. The number of hydrogen-bond acceptors (Lipinski definition) is 12. The highest BCUT2D eigenvalue weighted by Gasteiger charge is 2.51. The van der Waals surface area contributed by atoms with Crippen molar-refractivity contribution in [3.63, 3.8) is 0 Å². The molecule has 2 aliphatic carbocycles. The van der Waals surface area contributed by atoms with Crippen molar-refractivity contribution in [3.8, 4) is 17.2 Å². The average molecular weight is 562 g/mol. The summed E-state index contributed by atoms with van der Waals surface area (Å²) in [5.41, 5.74) is 1.39. The summed E-state index contributed by atoms with van der Waals surface area (Å²) in [5.74, 6) is -4.30. The summed E-state index contributed by atoms with van der Waals surface area (Å²) in [6, 6.07) is 3.15. The zero-order valence-corrected chi connectivity index (χ0v) is 21.5. The third-order valence-electron chi connectivity index (χ3n) is 7.91. The van der Waals surface area contributed by atoms with Crippen LogP contribution >= 0.6 is 0 Å². The van der Waals surface area contributed by atoms with Crippen LogP contribution in [-0.4, -0.2) is 92.9 Å². The Morgan fingerprint density at radius 2 is 1.85 bits per heavy atom. The number of ether oxygens (including phenoxy) is 3. The molecule has 2 aromatic carbocycles. The molecule has 0 bridgehead atoms. The molecule has 0 saturated carbocycles. The van der Waals surface area contributed by atoms with Crippen molar-refractivity contribution >= 4 is 17.3 Å². The maximum atomic E-state index is 15.1. The number of aliphatic hydroxyl groups is 3. The smallest absolute Gasteiger partial charge is 0.202 e. The third-order valence-corrected chi connectivity index (χ3v) is 7.91. The first-order valence-electron chi connectivity index (χ1n) is 12.5. The minimum absolute atomic E-state index is 0.0454. The number of hydrogen-bond donors (Lipinski definition) is 6. The minimum atomic E-state index is -2.38. The van der Waals surface area contributed by atoms with Crippen LogP contribution in [0.2, 0.25) is 0 Å². The molecular formula is C27H28FNO11. The fourth-order valence-electron chi connectivity index (χ4n) is 5.69. The zero-order valence-electron chi connectivity index (χ0n) is 21.5. The van der Waals surface area contributed by atoms with Gasteiger partial charge in [-0.25, -0.2) is 4.39 Å². The Morgan fingerprint density at radius 3 is 2.50 bits per heavy atom. The van der Waals surface area contributed by atoms with Crippen molar-refractivity contribution in [3.05, 3.63) is 51.6 Å². The van der Waals surface area contributed by atoms with Gasteiger partial charge in [0.1, 0.15) is 35.6 Å². The molecule has 7 N–H and O–H groups in total. The molecule has 2 aromatic rings. The van der Waals surface area contributed by atoms with Gasteiger partial charge in [-0.2, -0.15) is 0 Å². The third kappa shape index (κ3) is 4.00. The second kappa shape index (κ2) is 9.87. The number of carbonyl (C=O) groups is 3. The molecule has 1 heterocycles. The predicted octanol–water partition coefficient (Wildman–Crippen LogP) is -0.0507. The van der Waals surface area contributed by atoms with Gasteiger partial charge in [0, 0.05) is 29.5 Å². The molecule has 12 nitrogen and oxygen atoms in total. The summed E-state index contributed by atoms with van der Waals surface area (Å²) < 4.78 is 31.5. The Bertz CT molecular complexity index is 1430. The highest BCUT2D eigenvalue weighted by molar-refractivity contribution is 6.31. The summed E-state index contributed by atoms with van der Waals surface area (Å²) in [4.78, 5) is 39.7. The summed E-state index contributed by atoms with van der Waals surface area (Å²) in [6.45, 7) is 0.364. The number of halogens is 1. The summed E-state index contributed by atoms with van der Waals surface area (Å²) in [6.07, 6.45) is -9.52. The number of nitrogens with two attached hydrogens (primary N) is 1. The van der Waals surface area contributed by atoms with Crippen LogP contribution < -0.4 is 10.5 Å². The van der Waals surface area contributed by atoms with E-state index in [-0.39, 0.29) is 28.0 Å². The lowest BCUT2D eigenvalue weighted by atomic mass is 9.72. The van der Waals surface area contributed by atoms with Crippen LogP contribution in [0.15, 0.2) is 18.2 Å². The number of methoxy groups -OCH3 is 1. The lowest BCUT2D eigenvalue weighted by Crippen LogP contribution is -2.59. The maximum Gasteiger partial charge on any atom is 0.202 e. The Morgan fingerprint density at radius 1 is 1.18 bits per heavy atom. The number of alkyl halides is 1. The van der Waals surface area contributed by atoms with Gasteiger partial charge in [0.2, 0.25) is 5.78 Å². The van der Waals surface area contributed by atoms with Crippen molar-refractivity contribution in [2.75, 3.05) is 13.7 Å². The molecule has 0 radical (unpaired) electrons. The van der Waals surface area contributed by atoms with Crippen LogP contribution in [0.5, 0.6) is 17.2 Å². The molecule has 5 rings (SSSR count). The van der Waals surface area contributed by atoms with Gasteiger partial charge < -0.3 is 45.5 Å². The Labute approximate surface area is 226 Å². The van der Waals surface area contributed by atoms with Crippen molar-refractivity contribution in [2.45, 2.75) is 62.2 Å². The molecule has 214 valence electrons. The molecule has 1 saturated heterocycles. The highest BCUT2D eigenvalue weighted by atomic mass is 19.1. The van der Waals surface area contributed by atoms with E-state index in [4.69, 9.17) is 19.9 Å². The molecule has 13 heteroatoms. The molecule has 0 amide bonds. The van der Waals surface area contributed by atoms with Crippen LogP contribution in [0.4, 0.5) is 4.39 Å². The quantitative estimate of drug-likeness (QED) is 0.227. The summed E-state index contributed by atoms with van der Waals surface area (Å²) in [7, 11) is 1.29. The summed E-state index contributed by atoms with van der Waals surface area (Å²) in [5, 5.41) is 53.7. The van der Waals surface area contributed by atoms with Crippen LogP contribution in [0.25, 0.3) is 0 Å². The number of phenolic OH excluding ortho intramolecular Hbond substituents is 2. The molecule has 1 unspecified atom stereocenters. The van der Waals surface area contributed by atoms with Crippen LogP contribution in [0, 0.1) is 0 Å². The molecular weight excluding hydrogens is 533 g/mol. The first-order valence-corrected chi connectivity index (χ1v) is 12.5. The lowest BCUT2D eigenvalue weighted by Gasteiger charge is -2.43. The average Bonchev–Trinajstić information content (AvgIpc) is 2.94. The first kappa shape index (κ1) is 28.1. The van der Waals surface area contributed by atoms with Crippen LogP contribution in [0.1, 0.15) is 62.4 Å². The van der Waals surface area contributed by atoms with E-state index in [2.05, 4.69) is 0 Å². The number of fused-ring (bicyclic) bond motifs is 3. The maximum absolute atomic E-state index is 15.1. The van der Waals surface area contributed by atoms with Gasteiger partial charge in [-0.1, -0.05) is 12.1 Å². The normalized spacial score (nSPS) is 31.3. The van der Waals surface area contributed by atoms with Gasteiger partial charge in [0.15, 0.2) is 24.0 Å². The van der Waals surface area contributed by atoms with Crippen molar-refractivity contribution in [1.82, 2.24) is 0 Å². The molecule has 3 aliphatic rings. The fraction of sp³-hybridized carbons (Fsp3) is 0.444. The second-order valence-electron chi connectivity index (χ2n) is 10.2. The van der Waals surface area contributed by atoms with Crippen molar-refractivity contribution < 1.29 is 58.5 Å². The monoisotopic (exact) mass is 561 g/mol. The van der Waals surface area contributed by atoms with Crippen molar-refractivity contribution in [1.29, 1.82) is 0 Å². The standard InChI is InChI=1S/C27H28FNO11/c1-9-20(29)25(36)19(28)26(39-9)40-13-7-27(37,14(31)8-30)6-11-16(13)24(35)18-17(22(11)33)21(32)10-4-3-5-12(38-2)15(10)23(18)34/h3-5,9,13,19-20,25-26,30,33,35-37H,6-8,29H2,1-2H3/t9-,13?,19+,20-,25-,26-,27-/m0/s1. The number of ketones is 3. The zero-order chi connectivity index (χ0) is 29.3. The van der Waals surface area contributed by atoms with E-state index >= 15 is 4.39 Å². The second-order valence-corrected chi connectivity index (χ2v) is 10.2. The molecule has 1 aliphatic heterocycles. The number of aromatic hydroxyl groups is 2. The number of aliphatic hydroxyl groups excluding tert-OH is 2. The van der Waals surface area contributed by atoms with E-state index in [9.17, 15) is 39.9 Å². The van der Waals surface area contributed by atoms with E-state index in [1.807, 2.05) is 0 Å². The van der Waals surface area contributed by atoms with E-state index in [1.54, 1.807) is 0 Å². The van der Waals surface area contributed by atoms with E-state index < -0.39 is 102 Å². The fourth-order valence-corrected chi connectivity index (χ4v) is 5.69. The number of Topliss-reactive ketones (excluding diaryl/α,β-unsaturated/α-hetero) is 1. The molecule has 40 heavy (non-hydrogen) atoms. The molecule has 0 aromatic heterocycles. The van der Waals surface area contributed by atoms with Gasteiger partial charge in [0.05, 0.1) is 42.0 Å². The van der Waals surface area contributed by atoms with Gasteiger partial charge >= 0.3 is 0 Å². The van der Waals surface area contributed by atoms with Gasteiger partial charge in [-0.3, -0.25) is 14.4 Å². The number of carbonyl (C=O) groups excluding carboxylic acids is 3. The first-order chi connectivity index (χ1) is 18.9. The molecule has 0 spiro atoms.